The first-order valence-electron chi connectivity index (χ1n) is 15.1. The quantitative estimate of drug-likeness (QED) is 0.0602. The fourth-order valence-corrected chi connectivity index (χ4v) is 3.82. The highest BCUT2D eigenvalue weighted by molar-refractivity contribution is 5.85. The number of aldehydes is 1. The van der Waals surface area contributed by atoms with Crippen molar-refractivity contribution in [3.05, 3.63) is 0 Å². The van der Waals surface area contributed by atoms with Crippen LogP contribution in [0.1, 0.15) is 103 Å². The van der Waals surface area contributed by atoms with Crippen LogP contribution < -0.4 is 16.0 Å². The fraction of sp³-hybridized carbons (Fsp3) is 0.793. The summed E-state index contributed by atoms with van der Waals surface area (Å²) in [6.45, 7) is 3.32. The van der Waals surface area contributed by atoms with Crippen LogP contribution >= 0.6 is 0 Å². The Morgan fingerprint density at radius 3 is 1.52 bits per heavy atom. The Kier molecular flexibility index (Phi) is 26.0. The zero-order chi connectivity index (χ0) is 31.3. The van der Waals surface area contributed by atoms with Crippen molar-refractivity contribution in [3.63, 3.8) is 0 Å². The number of unbranched alkanes of at least 4 members (excludes halogenated alkanes) is 6. The average Bonchev–Trinajstić information content (AvgIpc) is 2.95. The molecule has 0 fully saturated rings. The molecule has 0 radical (unpaired) electrons. The van der Waals surface area contributed by atoms with Gasteiger partial charge in [-0.25, -0.2) is 0 Å². The van der Waals surface area contributed by atoms with Crippen molar-refractivity contribution in [1.82, 2.24) is 16.0 Å². The summed E-state index contributed by atoms with van der Waals surface area (Å²) in [5.74, 6) is -2.51. The highest BCUT2D eigenvalue weighted by Crippen LogP contribution is 2.08. The van der Waals surface area contributed by atoms with Crippen LogP contribution in [0.4, 0.5) is 0 Å². The number of hydrogen-bond acceptors (Lipinski definition) is 8. The molecular weight excluding hydrogens is 550 g/mol. The molecule has 3 amide bonds. The van der Waals surface area contributed by atoms with Crippen molar-refractivity contribution in [1.29, 1.82) is 0 Å². The van der Waals surface area contributed by atoms with Crippen LogP contribution in [0.25, 0.3) is 0 Å². The Labute approximate surface area is 248 Å². The van der Waals surface area contributed by atoms with E-state index in [1.807, 2.05) is 0 Å². The number of carboxylic acids is 2. The highest BCUT2D eigenvalue weighted by Gasteiger charge is 2.14. The molecule has 1 atom stereocenters. The second kappa shape index (κ2) is 28.1. The van der Waals surface area contributed by atoms with Gasteiger partial charge in [-0.2, -0.15) is 0 Å². The molecule has 0 saturated heterocycles. The van der Waals surface area contributed by atoms with E-state index in [1.54, 1.807) is 0 Å². The third-order valence-electron chi connectivity index (χ3n) is 6.21. The van der Waals surface area contributed by atoms with Crippen molar-refractivity contribution in [2.45, 2.75) is 109 Å². The van der Waals surface area contributed by atoms with Gasteiger partial charge in [0, 0.05) is 71.6 Å². The molecule has 0 aliphatic heterocycles. The summed E-state index contributed by atoms with van der Waals surface area (Å²) in [6, 6.07) is -0.873. The Bertz CT molecular complexity index is 779. The Morgan fingerprint density at radius 1 is 0.548 bits per heavy atom. The Morgan fingerprint density at radius 2 is 1.00 bits per heavy atom. The van der Waals surface area contributed by atoms with Crippen LogP contribution in [0, 0.1) is 0 Å². The Balaban J connectivity index is 3.42. The summed E-state index contributed by atoms with van der Waals surface area (Å²) in [6.07, 6.45) is 9.53. The fourth-order valence-electron chi connectivity index (χ4n) is 3.82. The molecule has 0 rings (SSSR count). The summed E-state index contributed by atoms with van der Waals surface area (Å²) in [5.41, 5.74) is 0. The lowest BCUT2D eigenvalue weighted by molar-refractivity contribution is -0.138. The van der Waals surface area contributed by atoms with Gasteiger partial charge in [0.05, 0.1) is 6.04 Å². The van der Waals surface area contributed by atoms with E-state index < -0.39 is 23.9 Å². The van der Waals surface area contributed by atoms with Gasteiger partial charge < -0.3 is 40.4 Å². The van der Waals surface area contributed by atoms with E-state index in [0.717, 1.165) is 57.8 Å². The molecule has 0 aromatic carbocycles. The molecule has 42 heavy (non-hydrogen) atoms. The molecule has 5 N–H and O–H groups in total. The summed E-state index contributed by atoms with van der Waals surface area (Å²) < 4.78 is 11.1. The maximum absolute atomic E-state index is 11.8. The van der Waals surface area contributed by atoms with Crippen molar-refractivity contribution in [2.75, 3.05) is 39.5 Å². The van der Waals surface area contributed by atoms with Gasteiger partial charge in [-0.05, 0) is 44.9 Å². The van der Waals surface area contributed by atoms with E-state index >= 15 is 0 Å². The van der Waals surface area contributed by atoms with Gasteiger partial charge in [0.1, 0.15) is 6.29 Å². The molecule has 0 aliphatic rings. The monoisotopic (exact) mass is 601 g/mol. The van der Waals surface area contributed by atoms with E-state index in [0.29, 0.717) is 58.6 Å². The number of ether oxygens (including phenoxy) is 2. The predicted molar refractivity (Wildman–Crippen MR) is 155 cm³/mol. The van der Waals surface area contributed by atoms with Crippen LogP contribution in [-0.2, 0) is 38.2 Å². The second-order valence-electron chi connectivity index (χ2n) is 10.1. The smallest absolute Gasteiger partial charge is 0.303 e. The molecule has 0 saturated carbocycles. The zero-order valence-corrected chi connectivity index (χ0v) is 24.9. The SMILES string of the molecule is O=C[C@H](CCC(=O)O)NC(=O)CCC(=O)NCCCOCCCCOCCCNC(=O)CCCCCCCCC(=O)O. The molecule has 0 spiro atoms. The Hall–Kier alpha value is -3.06. The molecule has 13 nitrogen and oxygen atoms in total. The molecule has 0 unspecified atom stereocenters. The predicted octanol–water partition coefficient (Wildman–Crippen LogP) is 2.35. The molecule has 0 bridgehead atoms. The third-order valence-corrected chi connectivity index (χ3v) is 6.21. The maximum Gasteiger partial charge on any atom is 0.303 e. The first-order chi connectivity index (χ1) is 20.2. The van der Waals surface area contributed by atoms with Crippen molar-refractivity contribution in [3.8, 4) is 0 Å². The van der Waals surface area contributed by atoms with Gasteiger partial charge in [0.25, 0.3) is 0 Å². The van der Waals surface area contributed by atoms with Crippen LogP contribution in [0.3, 0.4) is 0 Å². The minimum atomic E-state index is -1.05. The molecule has 0 aromatic rings. The van der Waals surface area contributed by atoms with Crippen LogP contribution in [0.2, 0.25) is 0 Å². The number of rotatable bonds is 30. The van der Waals surface area contributed by atoms with Gasteiger partial charge >= 0.3 is 11.9 Å². The lowest BCUT2D eigenvalue weighted by Crippen LogP contribution is -2.37. The third kappa shape index (κ3) is 28.5. The normalized spacial score (nSPS) is 11.4. The number of carbonyl (C=O) groups is 6. The maximum atomic E-state index is 11.8. The highest BCUT2D eigenvalue weighted by atomic mass is 16.5. The van der Waals surface area contributed by atoms with Crippen LogP contribution in [-0.4, -0.2) is 91.7 Å². The lowest BCUT2D eigenvalue weighted by atomic mass is 10.1. The minimum absolute atomic E-state index is 0.00859. The van der Waals surface area contributed by atoms with Crippen molar-refractivity contribution in [2.24, 2.45) is 0 Å². The first kappa shape index (κ1) is 38.9. The topological polar surface area (TPSA) is 197 Å². The molecule has 0 aliphatic carbocycles. The number of nitrogens with one attached hydrogen (secondary N) is 3. The standard InChI is InChI=1S/C29H51N3O10/c33-23-24(13-16-29(39)40)32-27(36)15-14-26(35)31-18-10-22-42-20-8-7-19-41-21-9-17-30-25(34)11-5-3-1-2-4-6-12-28(37)38/h23-24H,1-22H2,(H,30,34)(H,31,35)(H,32,36)(H,37,38)(H,39,40)/t24-/m0/s1. The van der Waals surface area contributed by atoms with Gasteiger partial charge in [0.2, 0.25) is 17.7 Å². The molecular formula is C29H51N3O10. The second-order valence-corrected chi connectivity index (χ2v) is 10.1. The molecule has 0 heterocycles. The lowest BCUT2D eigenvalue weighted by Gasteiger charge is -2.11. The number of amides is 3. The van der Waals surface area contributed by atoms with Gasteiger partial charge in [0.15, 0.2) is 0 Å². The number of aliphatic carboxylic acids is 2. The number of hydrogen-bond donors (Lipinski definition) is 5. The molecule has 242 valence electrons. The number of carboxylic acid groups (broad SMARTS) is 2. The summed E-state index contributed by atoms with van der Waals surface area (Å²) in [5, 5.41) is 25.2. The van der Waals surface area contributed by atoms with Crippen LogP contribution in [0.5, 0.6) is 0 Å². The van der Waals surface area contributed by atoms with E-state index in [-0.39, 0.29) is 43.9 Å². The van der Waals surface area contributed by atoms with E-state index in [9.17, 15) is 28.8 Å². The molecule has 13 heteroatoms. The first-order valence-corrected chi connectivity index (χ1v) is 15.1. The summed E-state index contributed by atoms with van der Waals surface area (Å²) in [4.78, 5) is 67.3. The van der Waals surface area contributed by atoms with Gasteiger partial charge in [-0.15, -0.1) is 0 Å². The van der Waals surface area contributed by atoms with Crippen molar-refractivity contribution < 1.29 is 48.5 Å². The minimum Gasteiger partial charge on any atom is -0.481 e. The molecule has 0 aromatic heterocycles. The summed E-state index contributed by atoms with van der Waals surface area (Å²) in [7, 11) is 0. The summed E-state index contributed by atoms with van der Waals surface area (Å²) >= 11 is 0. The number of carbonyl (C=O) groups excluding carboxylic acids is 4. The van der Waals surface area contributed by atoms with E-state index in [1.165, 1.54) is 0 Å². The zero-order valence-electron chi connectivity index (χ0n) is 24.9. The van der Waals surface area contributed by atoms with Crippen molar-refractivity contribution >= 4 is 35.9 Å². The van der Waals surface area contributed by atoms with Gasteiger partial charge in [-0.3, -0.25) is 24.0 Å². The largest absolute Gasteiger partial charge is 0.481 e. The van der Waals surface area contributed by atoms with E-state index in [2.05, 4.69) is 16.0 Å². The van der Waals surface area contributed by atoms with Gasteiger partial charge in [-0.1, -0.05) is 25.7 Å². The van der Waals surface area contributed by atoms with E-state index in [4.69, 9.17) is 19.7 Å². The average molecular weight is 602 g/mol. The van der Waals surface area contributed by atoms with Crippen LogP contribution in [0.15, 0.2) is 0 Å².